The largest absolute Gasteiger partial charge is 0.493 e. The number of benzene rings is 1. The molecule has 0 fully saturated rings. The number of nitrogens with two attached hydrogens (primary N) is 1. The van der Waals surface area contributed by atoms with E-state index in [2.05, 4.69) is 39.8 Å². The zero-order chi connectivity index (χ0) is 12.1. The van der Waals surface area contributed by atoms with Crippen molar-refractivity contribution < 1.29 is 4.74 Å². The fourth-order valence-corrected chi connectivity index (χ4v) is 1.64. The molecule has 0 saturated carbocycles. The monoisotopic (exact) mass is 221 g/mol. The Kier molecular flexibility index (Phi) is 4.81. The summed E-state index contributed by atoms with van der Waals surface area (Å²) in [7, 11) is 0. The standard InChI is InChI=1S/C14H23NO/c1-5-14(15)13-7-6-12(8-11(13)4)16-9-10(2)3/h6-8,10,14H,5,9,15H2,1-4H3. The molecule has 1 unspecified atom stereocenters. The van der Waals surface area contributed by atoms with Crippen LogP contribution in [0.5, 0.6) is 5.75 Å². The molecule has 16 heavy (non-hydrogen) atoms. The number of hydrogen-bond acceptors (Lipinski definition) is 2. The van der Waals surface area contributed by atoms with E-state index in [0.717, 1.165) is 18.8 Å². The van der Waals surface area contributed by atoms with Crippen molar-refractivity contribution in [3.63, 3.8) is 0 Å². The number of aryl methyl sites for hydroxylation is 1. The van der Waals surface area contributed by atoms with Crippen molar-refractivity contribution in [3.05, 3.63) is 29.3 Å². The maximum atomic E-state index is 6.03. The quantitative estimate of drug-likeness (QED) is 0.826. The van der Waals surface area contributed by atoms with E-state index in [9.17, 15) is 0 Å². The third-order valence-electron chi connectivity index (χ3n) is 2.66. The Balaban J connectivity index is 2.74. The molecule has 0 aliphatic heterocycles. The molecule has 0 bridgehead atoms. The molecular weight excluding hydrogens is 198 g/mol. The highest BCUT2D eigenvalue weighted by atomic mass is 16.5. The van der Waals surface area contributed by atoms with Gasteiger partial charge >= 0.3 is 0 Å². The van der Waals surface area contributed by atoms with Gasteiger partial charge in [0, 0.05) is 6.04 Å². The van der Waals surface area contributed by atoms with Crippen molar-refractivity contribution in [1.29, 1.82) is 0 Å². The molecule has 1 rings (SSSR count). The molecule has 2 N–H and O–H groups in total. The van der Waals surface area contributed by atoms with Crippen LogP contribution in [-0.2, 0) is 0 Å². The summed E-state index contributed by atoms with van der Waals surface area (Å²) >= 11 is 0. The molecule has 1 aromatic carbocycles. The van der Waals surface area contributed by atoms with Gasteiger partial charge in [0.15, 0.2) is 0 Å². The van der Waals surface area contributed by atoms with E-state index in [1.54, 1.807) is 0 Å². The smallest absolute Gasteiger partial charge is 0.119 e. The summed E-state index contributed by atoms with van der Waals surface area (Å²) in [5.41, 5.74) is 8.47. The first kappa shape index (κ1) is 13.0. The van der Waals surface area contributed by atoms with Gasteiger partial charge in [-0.05, 0) is 42.5 Å². The molecule has 0 aromatic heterocycles. The highest BCUT2D eigenvalue weighted by Crippen LogP contribution is 2.23. The molecule has 2 heteroatoms. The van der Waals surface area contributed by atoms with Gasteiger partial charge < -0.3 is 10.5 Å². The van der Waals surface area contributed by atoms with Gasteiger partial charge in [-0.3, -0.25) is 0 Å². The lowest BCUT2D eigenvalue weighted by Crippen LogP contribution is -2.10. The second-order valence-electron chi connectivity index (χ2n) is 4.74. The molecule has 0 heterocycles. The van der Waals surface area contributed by atoms with Crippen LogP contribution in [0.2, 0.25) is 0 Å². The Morgan fingerprint density at radius 2 is 2.00 bits per heavy atom. The van der Waals surface area contributed by atoms with Crippen molar-refractivity contribution in [2.75, 3.05) is 6.61 Å². The Morgan fingerprint density at radius 3 is 2.50 bits per heavy atom. The SMILES string of the molecule is CCC(N)c1ccc(OCC(C)C)cc1C. The Labute approximate surface area is 98.8 Å². The van der Waals surface area contributed by atoms with Gasteiger partial charge in [0.25, 0.3) is 0 Å². The number of rotatable bonds is 5. The van der Waals surface area contributed by atoms with E-state index < -0.39 is 0 Å². The van der Waals surface area contributed by atoms with Crippen LogP contribution in [0.4, 0.5) is 0 Å². The van der Waals surface area contributed by atoms with E-state index in [1.807, 2.05) is 6.07 Å². The van der Waals surface area contributed by atoms with Gasteiger partial charge in [-0.2, -0.15) is 0 Å². The van der Waals surface area contributed by atoms with Crippen LogP contribution in [-0.4, -0.2) is 6.61 Å². The van der Waals surface area contributed by atoms with Crippen molar-refractivity contribution in [1.82, 2.24) is 0 Å². The summed E-state index contributed by atoms with van der Waals surface area (Å²) in [5, 5.41) is 0. The van der Waals surface area contributed by atoms with Crippen LogP contribution in [0, 0.1) is 12.8 Å². The average molecular weight is 221 g/mol. The molecule has 0 saturated heterocycles. The summed E-state index contributed by atoms with van der Waals surface area (Å²) < 4.78 is 5.68. The van der Waals surface area contributed by atoms with Gasteiger partial charge in [0.1, 0.15) is 5.75 Å². The zero-order valence-corrected chi connectivity index (χ0v) is 10.8. The second-order valence-corrected chi connectivity index (χ2v) is 4.74. The fraction of sp³-hybridized carbons (Fsp3) is 0.571. The van der Waals surface area contributed by atoms with Crippen molar-refractivity contribution in [2.45, 2.75) is 40.2 Å². The van der Waals surface area contributed by atoms with E-state index in [0.29, 0.717) is 5.92 Å². The minimum Gasteiger partial charge on any atom is -0.493 e. The van der Waals surface area contributed by atoms with E-state index in [-0.39, 0.29) is 6.04 Å². The van der Waals surface area contributed by atoms with Crippen LogP contribution in [0.25, 0.3) is 0 Å². The molecular formula is C14H23NO. The Hall–Kier alpha value is -1.02. The van der Waals surface area contributed by atoms with Crippen molar-refractivity contribution >= 4 is 0 Å². The molecule has 0 aliphatic rings. The predicted octanol–water partition coefficient (Wildman–Crippen LogP) is 3.44. The predicted molar refractivity (Wildman–Crippen MR) is 68.7 cm³/mol. The lowest BCUT2D eigenvalue weighted by atomic mass is 10.00. The average Bonchev–Trinajstić information content (AvgIpc) is 2.25. The Morgan fingerprint density at radius 1 is 1.31 bits per heavy atom. The second kappa shape index (κ2) is 5.90. The topological polar surface area (TPSA) is 35.2 Å². The molecule has 0 amide bonds. The van der Waals surface area contributed by atoms with Crippen LogP contribution in [0.3, 0.4) is 0 Å². The van der Waals surface area contributed by atoms with Gasteiger partial charge in [-0.25, -0.2) is 0 Å². The first-order chi connectivity index (χ1) is 7.54. The number of ether oxygens (including phenoxy) is 1. The van der Waals surface area contributed by atoms with E-state index >= 15 is 0 Å². The van der Waals surface area contributed by atoms with Crippen LogP contribution in [0.1, 0.15) is 44.4 Å². The van der Waals surface area contributed by atoms with Gasteiger partial charge in [-0.15, -0.1) is 0 Å². The minimum absolute atomic E-state index is 0.138. The minimum atomic E-state index is 0.138. The zero-order valence-electron chi connectivity index (χ0n) is 10.8. The highest BCUT2D eigenvalue weighted by molar-refractivity contribution is 5.36. The molecule has 1 atom stereocenters. The lowest BCUT2D eigenvalue weighted by Gasteiger charge is -2.15. The first-order valence-corrected chi connectivity index (χ1v) is 6.03. The fourth-order valence-electron chi connectivity index (χ4n) is 1.64. The third kappa shape index (κ3) is 3.53. The van der Waals surface area contributed by atoms with E-state index in [1.165, 1.54) is 11.1 Å². The summed E-state index contributed by atoms with van der Waals surface area (Å²) in [5.74, 6) is 1.50. The molecule has 90 valence electrons. The molecule has 0 aliphatic carbocycles. The Bertz CT molecular complexity index is 334. The van der Waals surface area contributed by atoms with E-state index in [4.69, 9.17) is 10.5 Å². The summed E-state index contributed by atoms with van der Waals surface area (Å²) in [6.45, 7) is 9.25. The summed E-state index contributed by atoms with van der Waals surface area (Å²) in [6.07, 6.45) is 0.965. The lowest BCUT2D eigenvalue weighted by molar-refractivity contribution is 0.271. The van der Waals surface area contributed by atoms with Gasteiger partial charge in [0.2, 0.25) is 0 Å². The normalized spacial score (nSPS) is 12.9. The maximum Gasteiger partial charge on any atom is 0.119 e. The van der Waals surface area contributed by atoms with Crippen molar-refractivity contribution in [2.24, 2.45) is 11.7 Å². The molecule has 1 aromatic rings. The summed E-state index contributed by atoms with van der Waals surface area (Å²) in [4.78, 5) is 0. The van der Waals surface area contributed by atoms with Crippen LogP contribution >= 0.6 is 0 Å². The van der Waals surface area contributed by atoms with Crippen molar-refractivity contribution in [3.8, 4) is 5.75 Å². The molecule has 0 spiro atoms. The molecule has 2 nitrogen and oxygen atoms in total. The summed E-state index contributed by atoms with van der Waals surface area (Å²) in [6, 6.07) is 6.31. The third-order valence-corrected chi connectivity index (χ3v) is 2.66. The van der Waals surface area contributed by atoms with Crippen LogP contribution in [0.15, 0.2) is 18.2 Å². The first-order valence-electron chi connectivity index (χ1n) is 6.03. The van der Waals surface area contributed by atoms with Gasteiger partial charge in [-0.1, -0.05) is 26.8 Å². The number of hydrogen-bond donors (Lipinski definition) is 1. The maximum absolute atomic E-state index is 6.03. The highest BCUT2D eigenvalue weighted by Gasteiger charge is 2.07. The molecule has 0 radical (unpaired) electrons. The van der Waals surface area contributed by atoms with Gasteiger partial charge in [0.05, 0.1) is 6.61 Å². The van der Waals surface area contributed by atoms with Crippen LogP contribution < -0.4 is 10.5 Å².